The van der Waals surface area contributed by atoms with Crippen LogP contribution in [0.4, 0.5) is 4.79 Å². The van der Waals surface area contributed by atoms with E-state index in [0.29, 0.717) is 5.75 Å². The minimum Gasteiger partial charge on any atom is -0.497 e. The Morgan fingerprint density at radius 1 is 1.07 bits per heavy atom. The summed E-state index contributed by atoms with van der Waals surface area (Å²) < 4.78 is 38.9. The molecule has 6 atom stereocenters. The van der Waals surface area contributed by atoms with Crippen molar-refractivity contribution >= 4 is 6.16 Å². The molecule has 4 rings (SSSR count). The first-order valence-corrected chi connectivity index (χ1v) is 10.2. The number of aliphatic hydroxyl groups is 1. The molecule has 1 N–H and O–H groups in total. The SMILES string of the molecule is COc1ccc(C2OC[C@H]3O[C@@H](OC)[C@H](O)[C@@H](OC(=O)OC4CCCC4)[C@@H]3O2)cc1. The highest BCUT2D eigenvalue weighted by Crippen LogP contribution is 2.36. The first-order chi connectivity index (χ1) is 14.6. The molecule has 1 aliphatic carbocycles. The van der Waals surface area contributed by atoms with Gasteiger partial charge in [0.25, 0.3) is 0 Å². The molecule has 1 saturated carbocycles. The molecule has 0 aromatic heterocycles. The molecule has 3 fully saturated rings. The Balaban J connectivity index is 1.47. The van der Waals surface area contributed by atoms with Crippen molar-refractivity contribution < 1.29 is 43.1 Å². The predicted octanol–water partition coefficient (Wildman–Crippen LogP) is 2.31. The summed E-state index contributed by atoms with van der Waals surface area (Å²) in [6, 6.07) is 7.25. The van der Waals surface area contributed by atoms with Crippen molar-refractivity contribution in [3.05, 3.63) is 29.8 Å². The average Bonchev–Trinajstić information content (AvgIpc) is 3.28. The lowest BCUT2D eigenvalue weighted by atomic mass is 9.97. The third-order valence-electron chi connectivity index (χ3n) is 5.72. The second kappa shape index (κ2) is 9.49. The first-order valence-electron chi connectivity index (χ1n) is 10.2. The molecule has 166 valence electrons. The van der Waals surface area contributed by atoms with Gasteiger partial charge in [0.15, 0.2) is 18.7 Å². The number of methoxy groups -OCH3 is 2. The van der Waals surface area contributed by atoms with Crippen LogP contribution in [0.1, 0.15) is 37.5 Å². The van der Waals surface area contributed by atoms with Gasteiger partial charge < -0.3 is 38.3 Å². The quantitative estimate of drug-likeness (QED) is 0.713. The number of hydrogen-bond donors (Lipinski definition) is 1. The Morgan fingerprint density at radius 3 is 2.47 bits per heavy atom. The van der Waals surface area contributed by atoms with Crippen LogP contribution >= 0.6 is 0 Å². The number of fused-ring (bicyclic) bond motifs is 1. The third kappa shape index (κ3) is 4.55. The molecule has 0 radical (unpaired) electrons. The topological polar surface area (TPSA) is 102 Å². The predicted molar refractivity (Wildman–Crippen MR) is 102 cm³/mol. The van der Waals surface area contributed by atoms with E-state index in [4.69, 9.17) is 33.2 Å². The van der Waals surface area contributed by atoms with Crippen LogP contribution in [0.15, 0.2) is 24.3 Å². The van der Waals surface area contributed by atoms with Gasteiger partial charge in [0.2, 0.25) is 0 Å². The highest BCUT2D eigenvalue weighted by molar-refractivity contribution is 5.60. The second-order valence-electron chi connectivity index (χ2n) is 7.67. The molecular formula is C21H28O9. The Kier molecular flexibility index (Phi) is 6.74. The minimum atomic E-state index is -1.23. The van der Waals surface area contributed by atoms with E-state index in [1.165, 1.54) is 7.11 Å². The third-order valence-corrected chi connectivity index (χ3v) is 5.72. The summed E-state index contributed by atoms with van der Waals surface area (Å²) in [7, 11) is 3.00. The summed E-state index contributed by atoms with van der Waals surface area (Å²) in [5, 5.41) is 10.7. The maximum atomic E-state index is 12.4. The van der Waals surface area contributed by atoms with Crippen molar-refractivity contribution in [1.29, 1.82) is 0 Å². The van der Waals surface area contributed by atoms with Crippen molar-refractivity contribution in [3.8, 4) is 5.75 Å². The largest absolute Gasteiger partial charge is 0.509 e. The molecule has 1 unspecified atom stereocenters. The van der Waals surface area contributed by atoms with Crippen LogP contribution in [-0.2, 0) is 28.4 Å². The molecule has 1 aromatic carbocycles. The number of rotatable bonds is 5. The van der Waals surface area contributed by atoms with Gasteiger partial charge in [-0.3, -0.25) is 0 Å². The fraction of sp³-hybridized carbons (Fsp3) is 0.667. The van der Waals surface area contributed by atoms with Crippen LogP contribution in [0.3, 0.4) is 0 Å². The van der Waals surface area contributed by atoms with Crippen molar-refractivity contribution in [2.75, 3.05) is 20.8 Å². The molecule has 2 aliphatic heterocycles. The molecule has 9 heteroatoms. The Hall–Kier alpha value is -1.91. The van der Waals surface area contributed by atoms with Gasteiger partial charge in [-0.15, -0.1) is 0 Å². The summed E-state index contributed by atoms with van der Waals surface area (Å²) in [5.41, 5.74) is 0.768. The molecule has 2 saturated heterocycles. The number of ether oxygens (including phenoxy) is 7. The lowest BCUT2D eigenvalue weighted by Crippen LogP contribution is -2.63. The first kappa shape index (κ1) is 21.3. The molecule has 30 heavy (non-hydrogen) atoms. The van der Waals surface area contributed by atoms with Crippen molar-refractivity contribution in [1.82, 2.24) is 0 Å². The maximum Gasteiger partial charge on any atom is 0.509 e. The van der Waals surface area contributed by atoms with E-state index in [1.807, 2.05) is 12.1 Å². The minimum absolute atomic E-state index is 0.147. The van der Waals surface area contributed by atoms with E-state index in [9.17, 15) is 9.90 Å². The average molecular weight is 424 g/mol. The fourth-order valence-electron chi connectivity index (χ4n) is 4.10. The number of carbonyl (C=O) groups excluding carboxylic acids is 1. The van der Waals surface area contributed by atoms with Crippen LogP contribution in [0.25, 0.3) is 0 Å². The monoisotopic (exact) mass is 424 g/mol. The van der Waals surface area contributed by atoms with Crippen molar-refractivity contribution in [3.63, 3.8) is 0 Å². The smallest absolute Gasteiger partial charge is 0.497 e. The van der Waals surface area contributed by atoms with E-state index in [-0.39, 0.29) is 12.7 Å². The van der Waals surface area contributed by atoms with Crippen LogP contribution < -0.4 is 4.74 Å². The van der Waals surface area contributed by atoms with Crippen LogP contribution in [0, 0.1) is 0 Å². The van der Waals surface area contributed by atoms with Gasteiger partial charge in [0.05, 0.1) is 13.7 Å². The fourth-order valence-corrected chi connectivity index (χ4v) is 4.10. The zero-order valence-corrected chi connectivity index (χ0v) is 17.1. The van der Waals surface area contributed by atoms with Gasteiger partial charge >= 0.3 is 6.16 Å². The molecular weight excluding hydrogens is 396 g/mol. The summed E-state index contributed by atoms with van der Waals surface area (Å²) >= 11 is 0. The van der Waals surface area contributed by atoms with Gasteiger partial charge in [-0.2, -0.15) is 0 Å². The maximum absolute atomic E-state index is 12.4. The number of hydrogen-bond acceptors (Lipinski definition) is 9. The molecule has 0 bridgehead atoms. The Labute approximate surface area is 175 Å². The number of benzene rings is 1. The van der Waals surface area contributed by atoms with Crippen molar-refractivity contribution in [2.45, 2.75) is 68.8 Å². The highest BCUT2D eigenvalue weighted by atomic mass is 16.8. The van der Waals surface area contributed by atoms with E-state index in [1.54, 1.807) is 19.2 Å². The standard InChI is InChI=1S/C21H28O9/c1-24-13-9-7-12(8-10-13)19-26-11-15-17(29-19)18(16(22)20(25-2)28-15)30-21(23)27-14-5-3-4-6-14/h7-10,14-20,22H,3-6,11H2,1-2H3/t15-,16-,17-,18-,19?,20-/m1/s1. The van der Waals surface area contributed by atoms with Crippen LogP contribution in [0.2, 0.25) is 0 Å². The zero-order valence-electron chi connectivity index (χ0n) is 17.1. The Morgan fingerprint density at radius 2 is 1.80 bits per heavy atom. The number of aliphatic hydroxyl groups excluding tert-OH is 1. The van der Waals surface area contributed by atoms with Crippen LogP contribution in [0.5, 0.6) is 5.75 Å². The second-order valence-corrected chi connectivity index (χ2v) is 7.67. The zero-order chi connectivity index (χ0) is 21.1. The number of carbonyl (C=O) groups is 1. The molecule has 0 spiro atoms. The van der Waals surface area contributed by atoms with Gasteiger partial charge in [-0.1, -0.05) is 12.1 Å². The van der Waals surface area contributed by atoms with E-state index in [2.05, 4.69) is 0 Å². The molecule has 9 nitrogen and oxygen atoms in total. The molecule has 1 aromatic rings. The molecule has 0 amide bonds. The van der Waals surface area contributed by atoms with E-state index in [0.717, 1.165) is 31.2 Å². The van der Waals surface area contributed by atoms with Crippen LogP contribution in [-0.4, -0.2) is 68.9 Å². The summed E-state index contributed by atoms with van der Waals surface area (Å²) in [6.45, 7) is 0.186. The molecule has 2 heterocycles. The molecule has 3 aliphatic rings. The summed E-state index contributed by atoms with van der Waals surface area (Å²) in [6.07, 6.45) is -2.52. The van der Waals surface area contributed by atoms with Gasteiger partial charge in [-0.05, 0) is 37.8 Å². The van der Waals surface area contributed by atoms with E-state index < -0.39 is 43.2 Å². The normalized spacial score (nSPS) is 34.2. The van der Waals surface area contributed by atoms with Gasteiger partial charge in [0, 0.05) is 12.7 Å². The lowest BCUT2D eigenvalue weighted by molar-refractivity contribution is -0.358. The Bertz CT molecular complexity index is 703. The van der Waals surface area contributed by atoms with Gasteiger partial charge in [0.1, 0.15) is 30.2 Å². The summed E-state index contributed by atoms with van der Waals surface area (Å²) in [5.74, 6) is 0.711. The highest BCUT2D eigenvalue weighted by Gasteiger charge is 2.52. The van der Waals surface area contributed by atoms with Gasteiger partial charge in [-0.25, -0.2) is 4.79 Å². The van der Waals surface area contributed by atoms with E-state index >= 15 is 0 Å². The lowest BCUT2D eigenvalue weighted by Gasteiger charge is -2.46. The summed E-state index contributed by atoms with van der Waals surface area (Å²) in [4.78, 5) is 12.4. The van der Waals surface area contributed by atoms with Crippen molar-refractivity contribution in [2.24, 2.45) is 0 Å².